The van der Waals surface area contributed by atoms with Crippen LogP contribution >= 0.6 is 0 Å². The van der Waals surface area contributed by atoms with Crippen molar-refractivity contribution in [3.8, 4) is 0 Å². The van der Waals surface area contributed by atoms with E-state index in [0.717, 1.165) is 5.92 Å². The van der Waals surface area contributed by atoms with Crippen molar-refractivity contribution in [3.63, 3.8) is 0 Å². The van der Waals surface area contributed by atoms with Crippen LogP contribution in [0.3, 0.4) is 0 Å². The van der Waals surface area contributed by atoms with E-state index in [1.54, 1.807) is 0 Å². The van der Waals surface area contributed by atoms with Gasteiger partial charge in [0.2, 0.25) is 0 Å². The first kappa shape index (κ1) is 37.5. The zero-order valence-corrected chi connectivity index (χ0v) is 24.3. The second-order valence-corrected chi connectivity index (χ2v) is 8.70. The topological polar surface area (TPSA) is 0 Å². The minimum atomic E-state index is 1.000. The molecule has 0 atom stereocenters. The third kappa shape index (κ3) is 35.6. The summed E-state index contributed by atoms with van der Waals surface area (Å²) in [5, 5.41) is 0. The van der Waals surface area contributed by atoms with Crippen molar-refractivity contribution in [1.29, 1.82) is 0 Å². The van der Waals surface area contributed by atoms with Crippen LogP contribution in [-0.4, -0.2) is 0 Å². The zero-order valence-electron chi connectivity index (χ0n) is 24.3. The first-order valence-electron chi connectivity index (χ1n) is 12.5. The van der Waals surface area contributed by atoms with Crippen LogP contribution in [0.1, 0.15) is 112 Å². The van der Waals surface area contributed by atoms with Crippen LogP contribution in [0.15, 0.2) is 66.3 Å². The van der Waals surface area contributed by atoms with E-state index < -0.39 is 0 Å². The molecule has 0 bridgehead atoms. The average Bonchev–Trinajstić information content (AvgIpc) is 2.71. The summed E-state index contributed by atoms with van der Waals surface area (Å²) in [4.78, 5) is 0. The third-order valence-corrected chi connectivity index (χ3v) is 4.22. The van der Waals surface area contributed by atoms with E-state index >= 15 is 0 Å². The summed E-state index contributed by atoms with van der Waals surface area (Å²) in [7, 11) is 0. The lowest BCUT2D eigenvalue weighted by Crippen LogP contribution is -1.94. The molecular weight excluding hydrogens is 384 g/mol. The molecule has 0 aliphatic carbocycles. The molecule has 0 radical (unpaired) electrons. The highest BCUT2D eigenvalue weighted by atomic mass is 14.0. The van der Waals surface area contributed by atoms with E-state index in [2.05, 4.69) is 98.9 Å². The van der Waals surface area contributed by atoms with Crippen molar-refractivity contribution < 1.29 is 0 Å². The summed E-state index contributed by atoms with van der Waals surface area (Å²) in [6.45, 7) is 34.5. The molecule has 0 nitrogen and oxygen atoms in total. The summed E-state index contributed by atoms with van der Waals surface area (Å²) in [6, 6.07) is 6.56. The number of hydrogen-bond donors (Lipinski definition) is 0. The van der Waals surface area contributed by atoms with Gasteiger partial charge in [0.15, 0.2) is 0 Å². The first-order chi connectivity index (χ1) is 14.9. The molecule has 0 heteroatoms. The molecule has 0 amide bonds. The Bertz CT molecular complexity index is 563. The minimum Gasteiger partial charge on any atom is -0.100 e. The van der Waals surface area contributed by atoms with Crippen molar-refractivity contribution in [1.82, 2.24) is 0 Å². The Labute approximate surface area is 204 Å². The third-order valence-electron chi connectivity index (χ3n) is 4.22. The SMILES string of the molecule is C=C(C)C.C=C/C(C)=C\C=C(C)C.CC.CCCC(CC)CC.Cc1cc(C)cc(C)c1. The molecular formula is C32H58. The maximum Gasteiger partial charge on any atom is -0.0398 e. The highest BCUT2D eigenvalue weighted by molar-refractivity contribution is 5.27. The monoisotopic (exact) mass is 442 g/mol. The number of aryl methyl sites for hydroxylation is 3. The quantitative estimate of drug-likeness (QED) is 0.303. The van der Waals surface area contributed by atoms with Gasteiger partial charge in [-0.2, -0.15) is 0 Å². The highest BCUT2D eigenvalue weighted by Crippen LogP contribution is 2.13. The first-order valence-corrected chi connectivity index (χ1v) is 12.5. The summed E-state index contributed by atoms with van der Waals surface area (Å²) in [5.41, 5.74) is 7.75. The molecule has 0 heterocycles. The van der Waals surface area contributed by atoms with Crippen molar-refractivity contribution in [3.05, 3.63) is 83.0 Å². The van der Waals surface area contributed by atoms with Crippen LogP contribution in [0.4, 0.5) is 0 Å². The second kappa shape index (κ2) is 27.2. The van der Waals surface area contributed by atoms with Gasteiger partial charge in [-0.3, -0.25) is 0 Å². The van der Waals surface area contributed by atoms with Gasteiger partial charge >= 0.3 is 0 Å². The van der Waals surface area contributed by atoms with E-state index in [1.807, 2.05) is 40.7 Å². The van der Waals surface area contributed by atoms with E-state index in [0.29, 0.717) is 0 Å². The van der Waals surface area contributed by atoms with Crippen molar-refractivity contribution in [2.75, 3.05) is 0 Å². The Kier molecular flexibility index (Phi) is 31.9. The molecule has 32 heavy (non-hydrogen) atoms. The van der Waals surface area contributed by atoms with Crippen molar-refractivity contribution >= 4 is 0 Å². The van der Waals surface area contributed by atoms with Gasteiger partial charge in [0, 0.05) is 0 Å². The maximum atomic E-state index is 3.64. The molecule has 0 aliphatic heterocycles. The molecule has 1 aromatic rings. The largest absolute Gasteiger partial charge is 0.100 e. The van der Waals surface area contributed by atoms with Gasteiger partial charge in [0.25, 0.3) is 0 Å². The van der Waals surface area contributed by atoms with Crippen LogP contribution in [0, 0.1) is 26.7 Å². The number of rotatable bonds is 6. The molecule has 1 rings (SSSR count). The fourth-order valence-corrected chi connectivity index (χ4v) is 2.67. The Hall–Kier alpha value is -1.82. The van der Waals surface area contributed by atoms with Gasteiger partial charge in [0.1, 0.15) is 0 Å². The molecule has 0 aliphatic rings. The van der Waals surface area contributed by atoms with Crippen LogP contribution in [0.2, 0.25) is 0 Å². The van der Waals surface area contributed by atoms with E-state index in [4.69, 9.17) is 0 Å². The normalized spacial score (nSPS) is 9.38. The predicted octanol–water partition coefficient (Wildman–Crippen LogP) is 11.5. The average molecular weight is 443 g/mol. The molecule has 0 spiro atoms. The molecule has 0 unspecified atom stereocenters. The lowest BCUT2D eigenvalue weighted by Gasteiger charge is -2.08. The molecule has 0 N–H and O–H groups in total. The smallest absolute Gasteiger partial charge is 0.0398 e. The Morgan fingerprint density at radius 3 is 1.31 bits per heavy atom. The molecule has 0 saturated carbocycles. The van der Waals surface area contributed by atoms with Gasteiger partial charge in [-0.25, -0.2) is 0 Å². The highest BCUT2D eigenvalue weighted by Gasteiger charge is 1.98. The minimum absolute atomic E-state index is 1.000. The summed E-state index contributed by atoms with van der Waals surface area (Å²) >= 11 is 0. The molecule has 0 fully saturated rings. The Balaban J connectivity index is -0.000000164. The Morgan fingerprint density at radius 2 is 1.12 bits per heavy atom. The molecule has 0 saturated heterocycles. The van der Waals surface area contributed by atoms with Crippen molar-refractivity contribution in [2.45, 2.75) is 116 Å². The van der Waals surface area contributed by atoms with Crippen LogP contribution in [0.25, 0.3) is 0 Å². The summed E-state index contributed by atoms with van der Waals surface area (Å²) < 4.78 is 0. The van der Waals surface area contributed by atoms with Gasteiger partial charge < -0.3 is 0 Å². The lowest BCUT2D eigenvalue weighted by atomic mass is 9.98. The van der Waals surface area contributed by atoms with E-state index in [-0.39, 0.29) is 0 Å². The fraction of sp³-hybridized carbons (Fsp3) is 0.562. The molecule has 0 aromatic heterocycles. The summed E-state index contributed by atoms with van der Waals surface area (Å²) in [6.07, 6.45) is 11.5. The lowest BCUT2D eigenvalue weighted by molar-refractivity contribution is 0.451. The van der Waals surface area contributed by atoms with Gasteiger partial charge in [-0.05, 0) is 61.3 Å². The van der Waals surface area contributed by atoms with Crippen LogP contribution in [0.5, 0.6) is 0 Å². The number of allylic oxidation sites excluding steroid dienone is 6. The van der Waals surface area contributed by atoms with E-state index in [1.165, 1.54) is 59.1 Å². The zero-order chi connectivity index (χ0) is 26.1. The Morgan fingerprint density at radius 1 is 0.781 bits per heavy atom. The van der Waals surface area contributed by atoms with Gasteiger partial charge in [-0.1, -0.05) is 137 Å². The molecule has 1 aromatic carbocycles. The van der Waals surface area contributed by atoms with Gasteiger partial charge in [0.05, 0.1) is 0 Å². The van der Waals surface area contributed by atoms with Crippen molar-refractivity contribution in [2.24, 2.45) is 5.92 Å². The van der Waals surface area contributed by atoms with Crippen LogP contribution in [-0.2, 0) is 0 Å². The van der Waals surface area contributed by atoms with Gasteiger partial charge in [-0.15, -0.1) is 6.58 Å². The van der Waals surface area contributed by atoms with Crippen LogP contribution < -0.4 is 0 Å². The summed E-state index contributed by atoms with van der Waals surface area (Å²) in [5.74, 6) is 1.000. The maximum absolute atomic E-state index is 3.64. The second-order valence-electron chi connectivity index (χ2n) is 8.70. The predicted molar refractivity (Wildman–Crippen MR) is 155 cm³/mol. The number of benzene rings is 1. The molecule has 186 valence electrons. The number of hydrogen-bond acceptors (Lipinski definition) is 0. The van der Waals surface area contributed by atoms with E-state index in [9.17, 15) is 0 Å². The fourth-order valence-electron chi connectivity index (χ4n) is 2.67. The standard InChI is InChI=1S/C9H12.C9H14.C8H18.C4H8.C2H6/c1-7-4-8(2)6-9(3)5-7;1-5-9(4)7-6-8(2)3;1-4-7-8(5-2)6-3;1-4(2)3;1-2/h4-6H,1-3H3;5-7H,1H2,2-4H3;8H,4-7H2,1-3H3;1H2,2-3H3;1-2H3/b;9-7-;;;.